The fourth-order valence-electron chi connectivity index (χ4n) is 1.51. The Hall–Kier alpha value is -2.57. The van der Waals surface area contributed by atoms with E-state index in [1.54, 1.807) is 18.0 Å². The molecule has 100 valence electrons. The lowest BCUT2D eigenvalue weighted by molar-refractivity contribution is -0.138. The molecule has 2 aromatic rings. The summed E-state index contributed by atoms with van der Waals surface area (Å²) in [5.74, 6) is 1.79. The number of esters is 1. The number of nitrogens with zero attached hydrogens (tertiary/aromatic N) is 3. The van der Waals surface area contributed by atoms with Crippen molar-refractivity contribution in [3.8, 4) is 0 Å². The Morgan fingerprint density at radius 2 is 2.37 bits per heavy atom. The summed E-state index contributed by atoms with van der Waals surface area (Å²) in [5.41, 5.74) is 0. The zero-order chi connectivity index (χ0) is 13.7. The molecular formula is C12H15N5O2. The van der Waals surface area contributed by atoms with Crippen molar-refractivity contribution in [3.63, 3.8) is 0 Å². The van der Waals surface area contributed by atoms with E-state index in [0.29, 0.717) is 11.6 Å². The summed E-state index contributed by atoms with van der Waals surface area (Å²) in [6, 6.07) is 5.53. The third kappa shape index (κ3) is 3.44. The molecule has 0 amide bonds. The van der Waals surface area contributed by atoms with Gasteiger partial charge in [-0.05, 0) is 12.1 Å². The Morgan fingerprint density at radius 3 is 3.05 bits per heavy atom. The smallest absolute Gasteiger partial charge is 0.325 e. The lowest BCUT2D eigenvalue weighted by Crippen LogP contribution is -2.27. The van der Waals surface area contributed by atoms with E-state index < -0.39 is 0 Å². The number of hydrogen-bond donors (Lipinski definition) is 2. The number of carbonyl (C=O) groups is 1. The molecule has 0 spiro atoms. The average Bonchev–Trinajstić information content (AvgIpc) is 2.91. The van der Waals surface area contributed by atoms with Crippen molar-refractivity contribution in [1.82, 2.24) is 15.0 Å². The molecule has 0 aliphatic carbocycles. The minimum atomic E-state index is -0.319. The van der Waals surface area contributed by atoms with E-state index in [-0.39, 0.29) is 12.5 Å². The van der Waals surface area contributed by atoms with Gasteiger partial charge in [-0.2, -0.15) is 0 Å². The molecule has 0 bridgehead atoms. The number of nitrogens with one attached hydrogen (secondary N) is 2. The highest BCUT2D eigenvalue weighted by Gasteiger charge is 2.09. The van der Waals surface area contributed by atoms with Crippen LogP contribution in [0.25, 0.3) is 0 Å². The second-order valence-electron chi connectivity index (χ2n) is 3.90. The van der Waals surface area contributed by atoms with Crippen LogP contribution < -0.4 is 10.2 Å². The fraction of sp³-hybridized carbons (Fsp3) is 0.250. The molecule has 2 rings (SSSR count). The van der Waals surface area contributed by atoms with Gasteiger partial charge in [0.15, 0.2) is 0 Å². The summed E-state index contributed by atoms with van der Waals surface area (Å²) >= 11 is 0. The summed E-state index contributed by atoms with van der Waals surface area (Å²) in [4.78, 5) is 24.1. The highest BCUT2D eigenvalue weighted by molar-refractivity contribution is 5.75. The molecule has 0 unspecified atom stereocenters. The lowest BCUT2D eigenvalue weighted by atomic mass is 10.4. The Morgan fingerprint density at radius 1 is 1.53 bits per heavy atom. The van der Waals surface area contributed by atoms with E-state index in [2.05, 4.69) is 25.0 Å². The summed E-state index contributed by atoms with van der Waals surface area (Å²) < 4.78 is 4.61. The van der Waals surface area contributed by atoms with Crippen molar-refractivity contribution < 1.29 is 9.53 Å². The number of hydrogen-bond acceptors (Lipinski definition) is 6. The molecule has 19 heavy (non-hydrogen) atoms. The van der Waals surface area contributed by atoms with Crippen molar-refractivity contribution >= 4 is 23.4 Å². The molecule has 0 fully saturated rings. The lowest BCUT2D eigenvalue weighted by Gasteiger charge is -2.16. The fourth-order valence-corrected chi connectivity index (χ4v) is 1.51. The normalized spacial score (nSPS) is 10.0. The number of rotatable bonds is 5. The molecule has 0 saturated carbocycles. The second-order valence-corrected chi connectivity index (χ2v) is 3.90. The maximum atomic E-state index is 11.2. The molecule has 0 aliphatic rings. The molecule has 0 saturated heterocycles. The highest BCUT2D eigenvalue weighted by atomic mass is 16.5. The van der Waals surface area contributed by atoms with E-state index >= 15 is 0 Å². The summed E-state index contributed by atoms with van der Waals surface area (Å²) in [7, 11) is 3.12. The number of likely N-dealkylation sites (N-methyl/N-ethyl adjacent to an activating group) is 1. The highest BCUT2D eigenvalue weighted by Crippen LogP contribution is 2.16. The van der Waals surface area contributed by atoms with Crippen LogP contribution in [0.1, 0.15) is 0 Å². The Bertz CT molecular complexity index is 541. The first kappa shape index (κ1) is 12.9. The van der Waals surface area contributed by atoms with Crippen LogP contribution in [0, 0.1) is 0 Å². The van der Waals surface area contributed by atoms with Crippen LogP contribution in [-0.2, 0) is 9.53 Å². The number of aromatic amines is 1. The number of H-pyrrole nitrogens is 1. The minimum Gasteiger partial charge on any atom is -0.468 e. The van der Waals surface area contributed by atoms with Crippen LogP contribution >= 0.6 is 0 Å². The molecule has 7 nitrogen and oxygen atoms in total. The predicted molar refractivity (Wildman–Crippen MR) is 71.4 cm³/mol. The predicted octanol–water partition coefficient (Wildman–Crippen LogP) is 1.16. The first-order valence-electron chi connectivity index (χ1n) is 5.69. The van der Waals surface area contributed by atoms with Crippen LogP contribution in [0.5, 0.6) is 0 Å². The molecule has 2 N–H and O–H groups in total. The first-order valence-corrected chi connectivity index (χ1v) is 5.69. The first-order chi connectivity index (χ1) is 9.19. The van der Waals surface area contributed by atoms with Crippen molar-refractivity contribution in [2.45, 2.75) is 0 Å². The van der Waals surface area contributed by atoms with Crippen molar-refractivity contribution in [2.24, 2.45) is 0 Å². The van der Waals surface area contributed by atoms with Gasteiger partial charge < -0.3 is 19.9 Å². The van der Waals surface area contributed by atoms with Gasteiger partial charge in [0, 0.05) is 19.3 Å². The maximum Gasteiger partial charge on any atom is 0.325 e. The van der Waals surface area contributed by atoms with Crippen molar-refractivity contribution in [1.29, 1.82) is 0 Å². The molecule has 0 aromatic carbocycles. The topological polar surface area (TPSA) is 83.1 Å². The van der Waals surface area contributed by atoms with Crippen LogP contribution in [0.15, 0.2) is 30.7 Å². The number of methoxy groups -OCH3 is 1. The minimum absolute atomic E-state index is 0.134. The Kier molecular flexibility index (Phi) is 3.97. The molecule has 2 heterocycles. The zero-order valence-corrected chi connectivity index (χ0v) is 10.8. The number of carbonyl (C=O) groups excluding carboxylic acids is 1. The molecule has 7 heteroatoms. The van der Waals surface area contributed by atoms with E-state index in [9.17, 15) is 4.79 Å². The van der Waals surface area contributed by atoms with Gasteiger partial charge in [0.05, 0.1) is 7.11 Å². The quantitative estimate of drug-likeness (QED) is 0.786. The third-order valence-electron chi connectivity index (χ3n) is 2.50. The van der Waals surface area contributed by atoms with Gasteiger partial charge in [-0.25, -0.2) is 9.97 Å². The van der Waals surface area contributed by atoms with Gasteiger partial charge in [0.2, 0.25) is 0 Å². The molecule has 0 atom stereocenters. The Balaban J connectivity index is 2.08. The van der Waals surface area contributed by atoms with Crippen molar-refractivity contribution in [2.75, 3.05) is 30.9 Å². The van der Waals surface area contributed by atoms with Gasteiger partial charge in [-0.1, -0.05) is 0 Å². The second kappa shape index (κ2) is 5.85. The standard InChI is InChI=1S/C12H15N5O2/c1-17(7-12(18)19-2)11-6-10(14-8-15-11)16-9-4-3-5-13-9/h3-6,8,13H,7H2,1-2H3,(H,14,15,16). The molecular weight excluding hydrogens is 246 g/mol. The SMILES string of the molecule is COC(=O)CN(C)c1cc(Nc2ccc[nH]2)ncn1. The summed E-state index contributed by atoms with van der Waals surface area (Å²) in [6.45, 7) is 0.134. The summed E-state index contributed by atoms with van der Waals surface area (Å²) in [6.07, 6.45) is 3.25. The molecule has 0 aliphatic heterocycles. The average molecular weight is 261 g/mol. The number of anilines is 3. The van der Waals surface area contributed by atoms with Gasteiger partial charge in [0.25, 0.3) is 0 Å². The van der Waals surface area contributed by atoms with Gasteiger partial charge >= 0.3 is 5.97 Å². The third-order valence-corrected chi connectivity index (χ3v) is 2.50. The van der Waals surface area contributed by atoms with Crippen LogP contribution in [0.2, 0.25) is 0 Å². The largest absolute Gasteiger partial charge is 0.468 e. The maximum absolute atomic E-state index is 11.2. The van der Waals surface area contributed by atoms with Gasteiger partial charge in [-0.15, -0.1) is 0 Å². The number of aromatic nitrogens is 3. The van der Waals surface area contributed by atoms with E-state index in [1.807, 2.05) is 18.3 Å². The van der Waals surface area contributed by atoms with E-state index in [0.717, 1.165) is 5.82 Å². The van der Waals surface area contributed by atoms with Gasteiger partial charge in [0.1, 0.15) is 30.3 Å². The Labute approximate surface area is 110 Å². The monoisotopic (exact) mass is 261 g/mol. The van der Waals surface area contributed by atoms with Crippen molar-refractivity contribution in [3.05, 3.63) is 30.7 Å². The van der Waals surface area contributed by atoms with Crippen LogP contribution in [-0.4, -0.2) is 41.6 Å². The van der Waals surface area contributed by atoms with E-state index in [1.165, 1.54) is 13.4 Å². The molecule has 2 aromatic heterocycles. The van der Waals surface area contributed by atoms with E-state index in [4.69, 9.17) is 0 Å². The zero-order valence-electron chi connectivity index (χ0n) is 10.8. The number of ether oxygens (including phenoxy) is 1. The van der Waals surface area contributed by atoms with Crippen LogP contribution in [0.3, 0.4) is 0 Å². The molecule has 0 radical (unpaired) electrons. The summed E-state index contributed by atoms with van der Waals surface area (Å²) in [5, 5.41) is 3.10. The van der Waals surface area contributed by atoms with Gasteiger partial charge in [-0.3, -0.25) is 4.79 Å². The van der Waals surface area contributed by atoms with Crippen LogP contribution in [0.4, 0.5) is 17.5 Å².